The zero-order chi connectivity index (χ0) is 13.9. The molecule has 2 aliphatic rings. The van der Waals surface area contributed by atoms with Crippen LogP contribution in [0.1, 0.15) is 18.4 Å². The van der Waals surface area contributed by atoms with Gasteiger partial charge in [0.2, 0.25) is 0 Å². The van der Waals surface area contributed by atoms with Crippen LogP contribution in [-0.4, -0.2) is 40.3 Å². The Labute approximate surface area is 127 Å². The maximum atomic E-state index is 11.5. The molecule has 0 spiro atoms. The largest absolute Gasteiger partial charge is 0.372 e. The molecule has 0 aliphatic carbocycles. The Bertz CT molecular complexity index is 534. The number of hydrogen-bond acceptors (Lipinski definition) is 5. The minimum absolute atomic E-state index is 0.0510. The van der Waals surface area contributed by atoms with Crippen molar-refractivity contribution in [2.24, 2.45) is 5.10 Å². The molecule has 4 nitrogen and oxygen atoms in total. The first-order chi connectivity index (χ1) is 9.74. The molecule has 0 radical (unpaired) electrons. The van der Waals surface area contributed by atoms with E-state index in [1.54, 1.807) is 6.21 Å². The molecule has 1 aromatic rings. The SMILES string of the molecule is O=C1CSC(=S)N1/N=C\c1ccc(N2CCCC2)cc1. The maximum Gasteiger partial charge on any atom is 0.259 e. The van der Waals surface area contributed by atoms with Crippen molar-refractivity contribution in [1.29, 1.82) is 0 Å². The first-order valence-corrected chi connectivity index (χ1v) is 8.02. The van der Waals surface area contributed by atoms with Crippen molar-refractivity contribution in [1.82, 2.24) is 5.01 Å². The molecule has 2 saturated heterocycles. The van der Waals surface area contributed by atoms with Gasteiger partial charge >= 0.3 is 0 Å². The lowest BCUT2D eigenvalue weighted by atomic mass is 10.2. The molecule has 2 fully saturated rings. The molecule has 0 N–H and O–H groups in total. The highest BCUT2D eigenvalue weighted by Gasteiger charge is 2.25. The van der Waals surface area contributed by atoms with Crippen LogP contribution in [-0.2, 0) is 4.79 Å². The van der Waals surface area contributed by atoms with Gasteiger partial charge in [-0.05, 0) is 30.5 Å². The second kappa shape index (κ2) is 5.93. The second-order valence-corrected chi connectivity index (χ2v) is 6.40. The number of amides is 1. The second-order valence-electron chi connectivity index (χ2n) is 4.79. The fraction of sp³-hybridized carbons (Fsp3) is 0.357. The van der Waals surface area contributed by atoms with E-state index >= 15 is 0 Å². The van der Waals surface area contributed by atoms with Crippen LogP contribution in [0.2, 0.25) is 0 Å². The fourth-order valence-electron chi connectivity index (χ4n) is 2.33. The monoisotopic (exact) mass is 305 g/mol. The standard InChI is InChI=1S/C14H15N3OS2/c18-13-10-20-14(19)17(13)15-9-11-3-5-12(6-4-11)16-7-1-2-8-16/h3-6,9H,1-2,7-8,10H2/b15-9-. The topological polar surface area (TPSA) is 35.9 Å². The number of hydrogen-bond donors (Lipinski definition) is 0. The summed E-state index contributed by atoms with van der Waals surface area (Å²) < 4.78 is 0.528. The van der Waals surface area contributed by atoms with Crippen LogP contribution in [0.25, 0.3) is 0 Å². The lowest BCUT2D eigenvalue weighted by Crippen LogP contribution is -2.22. The lowest BCUT2D eigenvalue weighted by Gasteiger charge is -2.17. The molecule has 20 heavy (non-hydrogen) atoms. The quantitative estimate of drug-likeness (QED) is 0.635. The van der Waals surface area contributed by atoms with Crippen molar-refractivity contribution >= 4 is 46.1 Å². The highest BCUT2D eigenvalue weighted by atomic mass is 32.2. The third-order valence-corrected chi connectivity index (χ3v) is 4.75. The van der Waals surface area contributed by atoms with E-state index < -0.39 is 0 Å². The molecule has 1 amide bonds. The molecule has 0 unspecified atom stereocenters. The van der Waals surface area contributed by atoms with Crippen LogP contribution in [0.3, 0.4) is 0 Å². The minimum Gasteiger partial charge on any atom is -0.372 e. The van der Waals surface area contributed by atoms with Crippen molar-refractivity contribution in [3.8, 4) is 0 Å². The van der Waals surface area contributed by atoms with Crippen LogP contribution >= 0.6 is 24.0 Å². The average molecular weight is 305 g/mol. The molecular weight excluding hydrogens is 290 g/mol. The van der Waals surface area contributed by atoms with Gasteiger partial charge in [0.05, 0.1) is 12.0 Å². The van der Waals surface area contributed by atoms with Crippen LogP contribution in [0, 0.1) is 0 Å². The van der Waals surface area contributed by atoms with Gasteiger partial charge in [-0.2, -0.15) is 10.1 Å². The smallest absolute Gasteiger partial charge is 0.259 e. The molecular formula is C14H15N3OS2. The third-order valence-electron chi connectivity index (χ3n) is 3.41. The summed E-state index contributed by atoms with van der Waals surface area (Å²) in [5.41, 5.74) is 2.23. The average Bonchev–Trinajstić information content (AvgIpc) is 3.09. The minimum atomic E-state index is -0.0510. The summed E-state index contributed by atoms with van der Waals surface area (Å²) in [7, 11) is 0. The number of carbonyl (C=O) groups excluding carboxylic acids is 1. The number of carbonyl (C=O) groups is 1. The van der Waals surface area contributed by atoms with Crippen molar-refractivity contribution in [3.05, 3.63) is 29.8 Å². The number of rotatable bonds is 3. The van der Waals surface area contributed by atoms with E-state index in [0.717, 1.165) is 18.7 Å². The normalized spacial score (nSPS) is 19.6. The molecule has 0 aromatic heterocycles. The number of thioether (sulfide) groups is 1. The summed E-state index contributed by atoms with van der Waals surface area (Å²) in [4.78, 5) is 13.9. The Morgan fingerprint density at radius 2 is 1.90 bits per heavy atom. The molecule has 0 atom stereocenters. The Morgan fingerprint density at radius 3 is 2.50 bits per heavy atom. The highest BCUT2D eigenvalue weighted by molar-refractivity contribution is 8.23. The van der Waals surface area contributed by atoms with E-state index in [-0.39, 0.29) is 5.91 Å². The van der Waals surface area contributed by atoms with E-state index in [0.29, 0.717) is 10.1 Å². The van der Waals surface area contributed by atoms with Crippen molar-refractivity contribution in [2.75, 3.05) is 23.7 Å². The van der Waals surface area contributed by atoms with E-state index in [1.807, 2.05) is 12.1 Å². The summed E-state index contributed by atoms with van der Waals surface area (Å²) in [6.45, 7) is 2.28. The number of thiocarbonyl (C=S) groups is 1. The zero-order valence-electron chi connectivity index (χ0n) is 11.0. The molecule has 3 rings (SSSR count). The molecule has 6 heteroatoms. The van der Waals surface area contributed by atoms with Crippen molar-refractivity contribution in [2.45, 2.75) is 12.8 Å². The molecule has 0 saturated carbocycles. The van der Waals surface area contributed by atoms with Crippen molar-refractivity contribution in [3.63, 3.8) is 0 Å². The van der Waals surface area contributed by atoms with Gasteiger partial charge in [0.1, 0.15) is 0 Å². The maximum absolute atomic E-state index is 11.5. The van der Waals surface area contributed by atoms with E-state index in [9.17, 15) is 4.79 Å². The number of benzene rings is 1. The first kappa shape index (κ1) is 13.6. The van der Waals surface area contributed by atoms with E-state index in [1.165, 1.54) is 35.3 Å². The molecule has 2 aliphatic heterocycles. The number of hydrazone groups is 1. The summed E-state index contributed by atoms with van der Waals surface area (Å²) in [6, 6.07) is 8.25. The van der Waals surface area contributed by atoms with Crippen LogP contribution in [0.4, 0.5) is 5.69 Å². The van der Waals surface area contributed by atoms with Crippen LogP contribution in [0.5, 0.6) is 0 Å². The predicted octanol–water partition coefficient (Wildman–Crippen LogP) is 2.48. The molecule has 0 bridgehead atoms. The fourth-order valence-corrected chi connectivity index (χ4v) is 3.30. The Balaban J connectivity index is 1.68. The number of anilines is 1. The Kier molecular flexibility index (Phi) is 4.03. The van der Waals surface area contributed by atoms with E-state index in [2.05, 4.69) is 22.1 Å². The van der Waals surface area contributed by atoms with Gasteiger partial charge in [0.25, 0.3) is 5.91 Å². The van der Waals surface area contributed by atoms with Gasteiger partial charge in [0, 0.05) is 18.8 Å². The van der Waals surface area contributed by atoms with Gasteiger partial charge in [-0.1, -0.05) is 36.1 Å². The third kappa shape index (κ3) is 2.86. The molecule has 104 valence electrons. The predicted molar refractivity (Wildman–Crippen MR) is 87.4 cm³/mol. The zero-order valence-corrected chi connectivity index (χ0v) is 12.6. The van der Waals surface area contributed by atoms with E-state index in [4.69, 9.17) is 12.2 Å². The summed E-state index contributed by atoms with van der Waals surface area (Å²) in [5.74, 6) is 0.342. The number of nitrogens with zero attached hydrogens (tertiary/aromatic N) is 3. The van der Waals surface area contributed by atoms with Crippen molar-refractivity contribution < 1.29 is 4.79 Å². The molecule has 2 heterocycles. The molecule has 1 aromatic carbocycles. The lowest BCUT2D eigenvalue weighted by molar-refractivity contribution is -0.123. The summed E-state index contributed by atoms with van der Waals surface area (Å²) in [5, 5.41) is 5.47. The van der Waals surface area contributed by atoms with Crippen LogP contribution < -0.4 is 4.90 Å². The van der Waals surface area contributed by atoms with Gasteiger partial charge in [-0.25, -0.2) is 0 Å². The highest BCUT2D eigenvalue weighted by Crippen LogP contribution is 2.21. The summed E-state index contributed by atoms with van der Waals surface area (Å²) >= 11 is 6.43. The first-order valence-electron chi connectivity index (χ1n) is 6.63. The summed E-state index contributed by atoms with van der Waals surface area (Å²) in [6.07, 6.45) is 4.23. The Morgan fingerprint density at radius 1 is 1.20 bits per heavy atom. The van der Waals surface area contributed by atoms with Gasteiger partial charge < -0.3 is 4.90 Å². The van der Waals surface area contributed by atoms with Gasteiger partial charge in [-0.3, -0.25) is 4.79 Å². The van der Waals surface area contributed by atoms with Gasteiger partial charge in [-0.15, -0.1) is 0 Å². The van der Waals surface area contributed by atoms with Crippen LogP contribution in [0.15, 0.2) is 29.4 Å². The Hall–Kier alpha value is -1.40. The van der Waals surface area contributed by atoms with Gasteiger partial charge in [0.15, 0.2) is 4.32 Å².